The van der Waals surface area contributed by atoms with Gasteiger partial charge in [0.05, 0.1) is 0 Å². The minimum absolute atomic E-state index is 0.116. The third-order valence-corrected chi connectivity index (χ3v) is 7.55. The minimum Gasteiger partial charge on any atom is -0.350 e. The normalized spacial score (nSPS) is 31.3. The predicted molar refractivity (Wildman–Crippen MR) is 125 cm³/mol. The van der Waals surface area contributed by atoms with Crippen molar-refractivity contribution in [3.63, 3.8) is 0 Å². The van der Waals surface area contributed by atoms with E-state index in [1.807, 2.05) is 18.2 Å². The van der Waals surface area contributed by atoms with Crippen molar-refractivity contribution in [3.05, 3.63) is 71.8 Å². The third kappa shape index (κ3) is 3.61. The van der Waals surface area contributed by atoms with Crippen LogP contribution in [0.25, 0.3) is 0 Å². The van der Waals surface area contributed by atoms with E-state index in [4.69, 9.17) is 4.99 Å². The van der Waals surface area contributed by atoms with Gasteiger partial charge in [-0.3, -0.25) is 14.7 Å². The van der Waals surface area contributed by atoms with Crippen molar-refractivity contribution in [2.75, 3.05) is 6.54 Å². The van der Waals surface area contributed by atoms with Gasteiger partial charge in [-0.25, -0.2) is 0 Å². The van der Waals surface area contributed by atoms with Crippen LogP contribution in [-0.2, 0) is 17.9 Å². The summed E-state index contributed by atoms with van der Waals surface area (Å²) in [5.41, 5.74) is 1.81. The molecular weight excluding hydrogens is 382 g/mol. The van der Waals surface area contributed by atoms with Crippen molar-refractivity contribution in [2.45, 2.75) is 51.4 Å². The maximum atomic E-state index is 13.8. The number of aliphatic imine (C=N–C) groups is 1. The Labute approximate surface area is 185 Å². The molecule has 162 valence electrons. The molecule has 4 heteroatoms. The number of likely N-dealkylation sites (tertiary alicyclic amines) is 1. The van der Waals surface area contributed by atoms with E-state index < -0.39 is 5.54 Å². The lowest BCUT2D eigenvalue weighted by Crippen LogP contribution is -2.65. The Morgan fingerprint density at radius 3 is 2.45 bits per heavy atom. The molecule has 1 saturated carbocycles. The number of hydrogen-bond acceptors (Lipinski definition) is 3. The number of amides is 1. The maximum Gasteiger partial charge on any atom is 0.250 e. The molecule has 3 aliphatic heterocycles. The number of benzene rings is 2. The molecule has 2 fully saturated rings. The highest BCUT2D eigenvalue weighted by atomic mass is 16.2. The summed E-state index contributed by atoms with van der Waals surface area (Å²) in [5.74, 6) is 2.02. The van der Waals surface area contributed by atoms with Crippen molar-refractivity contribution in [1.82, 2.24) is 10.2 Å². The molecule has 0 spiro atoms. The second kappa shape index (κ2) is 8.23. The topological polar surface area (TPSA) is 44.7 Å². The maximum absolute atomic E-state index is 13.8. The highest BCUT2D eigenvalue weighted by Crippen LogP contribution is 2.55. The highest BCUT2D eigenvalue weighted by Gasteiger charge is 2.67. The summed E-state index contributed by atoms with van der Waals surface area (Å²) in [7, 11) is 0. The monoisotopic (exact) mass is 415 g/mol. The fraction of sp³-hybridized carbons (Fsp3) is 0.481. The molecule has 1 saturated heterocycles. The zero-order valence-corrected chi connectivity index (χ0v) is 18.6. The van der Waals surface area contributed by atoms with Gasteiger partial charge in [-0.1, -0.05) is 74.5 Å². The van der Waals surface area contributed by atoms with Crippen molar-refractivity contribution < 1.29 is 4.79 Å². The van der Waals surface area contributed by atoms with Crippen LogP contribution in [0, 0.1) is 23.7 Å². The van der Waals surface area contributed by atoms with Gasteiger partial charge in [0.25, 0.3) is 0 Å². The van der Waals surface area contributed by atoms with E-state index in [0.29, 0.717) is 30.2 Å². The SMILES string of the molecule is CC(C)CC1C2C=NC3(C(=O)NCc4ccccc4)C(C2)CN(Cc2ccccc2)C13. The van der Waals surface area contributed by atoms with E-state index in [-0.39, 0.29) is 11.9 Å². The third-order valence-electron chi connectivity index (χ3n) is 7.55. The number of carbonyl (C=O) groups is 1. The van der Waals surface area contributed by atoms with E-state index in [1.165, 1.54) is 5.56 Å². The number of nitrogens with zero attached hydrogens (tertiary/aromatic N) is 2. The van der Waals surface area contributed by atoms with Crippen LogP contribution >= 0.6 is 0 Å². The second-order valence-corrected chi connectivity index (χ2v) is 10.0. The molecule has 2 aromatic carbocycles. The van der Waals surface area contributed by atoms with Crippen molar-refractivity contribution >= 4 is 12.1 Å². The van der Waals surface area contributed by atoms with Crippen LogP contribution in [0.2, 0.25) is 0 Å². The molecule has 1 amide bonds. The number of rotatable bonds is 7. The van der Waals surface area contributed by atoms with Gasteiger partial charge in [-0.2, -0.15) is 0 Å². The number of hydrogen-bond donors (Lipinski definition) is 1. The molecule has 1 aliphatic carbocycles. The zero-order valence-electron chi connectivity index (χ0n) is 18.6. The van der Waals surface area contributed by atoms with E-state index in [9.17, 15) is 4.79 Å². The summed E-state index contributed by atoms with van der Waals surface area (Å²) in [4.78, 5) is 21.4. The molecule has 3 heterocycles. The van der Waals surface area contributed by atoms with Gasteiger partial charge in [-0.05, 0) is 41.7 Å². The molecule has 6 rings (SSSR count). The first-order chi connectivity index (χ1) is 15.1. The van der Waals surface area contributed by atoms with Gasteiger partial charge in [-0.15, -0.1) is 0 Å². The summed E-state index contributed by atoms with van der Waals surface area (Å²) in [6.45, 7) is 7.02. The first-order valence-corrected chi connectivity index (χ1v) is 11.7. The summed E-state index contributed by atoms with van der Waals surface area (Å²) in [5, 5.41) is 3.26. The lowest BCUT2D eigenvalue weighted by atomic mass is 9.59. The van der Waals surface area contributed by atoms with Gasteiger partial charge in [0.15, 0.2) is 5.54 Å². The molecular formula is C27H33N3O. The standard InChI is InChI=1S/C27H33N3O/c1-19(2)13-24-22-14-23-18-30(17-21-11-7-4-8-12-21)25(24)27(23,29-16-22)26(31)28-15-20-9-5-3-6-10-20/h3-12,16,19,22-25H,13-15,17-18H2,1-2H3,(H,28,31). The van der Waals surface area contributed by atoms with E-state index >= 15 is 0 Å². The van der Waals surface area contributed by atoms with Crippen molar-refractivity contribution in [2.24, 2.45) is 28.7 Å². The van der Waals surface area contributed by atoms with Crippen molar-refractivity contribution in [1.29, 1.82) is 0 Å². The Morgan fingerprint density at radius 1 is 1.10 bits per heavy atom. The van der Waals surface area contributed by atoms with Crippen LogP contribution in [0.3, 0.4) is 0 Å². The van der Waals surface area contributed by atoms with Crippen LogP contribution in [-0.4, -0.2) is 35.1 Å². The van der Waals surface area contributed by atoms with Crippen LogP contribution in [0.1, 0.15) is 37.8 Å². The molecule has 4 nitrogen and oxygen atoms in total. The van der Waals surface area contributed by atoms with Gasteiger partial charge in [0.1, 0.15) is 0 Å². The van der Waals surface area contributed by atoms with Gasteiger partial charge in [0.2, 0.25) is 5.91 Å². The largest absolute Gasteiger partial charge is 0.350 e. The zero-order chi connectivity index (χ0) is 21.4. The van der Waals surface area contributed by atoms with Crippen LogP contribution < -0.4 is 5.32 Å². The number of carbonyl (C=O) groups excluding carboxylic acids is 1. The Balaban J connectivity index is 1.45. The molecule has 5 atom stereocenters. The first-order valence-electron chi connectivity index (χ1n) is 11.7. The molecule has 31 heavy (non-hydrogen) atoms. The molecule has 4 aliphatic rings. The summed E-state index contributed by atoms with van der Waals surface area (Å²) in [6.07, 6.45) is 4.36. The van der Waals surface area contributed by atoms with E-state index in [1.54, 1.807) is 0 Å². The van der Waals surface area contributed by atoms with Gasteiger partial charge < -0.3 is 5.32 Å². The summed E-state index contributed by atoms with van der Waals surface area (Å²) in [6, 6.07) is 21.0. The first kappa shape index (κ1) is 20.4. The lowest BCUT2D eigenvalue weighted by Gasteiger charge is -2.51. The average Bonchev–Trinajstić information content (AvgIpc) is 3.04. The Hall–Kier alpha value is -2.46. The van der Waals surface area contributed by atoms with Crippen LogP contribution in [0.4, 0.5) is 0 Å². The fourth-order valence-electron chi connectivity index (χ4n) is 6.34. The molecule has 0 radical (unpaired) electrons. The second-order valence-electron chi connectivity index (χ2n) is 10.0. The molecule has 5 unspecified atom stereocenters. The Bertz CT molecular complexity index is 941. The molecule has 2 aromatic rings. The van der Waals surface area contributed by atoms with Crippen LogP contribution in [0.5, 0.6) is 0 Å². The van der Waals surface area contributed by atoms with E-state index in [2.05, 4.69) is 72.7 Å². The summed E-state index contributed by atoms with van der Waals surface area (Å²) >= 11 is 0. The Morgan fingerprint density at radius 2 is 1.77 bits per heavy atom. The number of nitrogens with one attached hydrogen (secondary N) is 1. The smallest absolute Gasteiger partial charge is 0.250 e. The predicted octanol–water partition coefficient (Wildman–Crippen LogP) is 4.31. The molecule has 1 N–H and O–H groups in total. The highest BCUT2D eigenvalue weighted by molar-refractivity contribution is 5.92. The van der Waals surface area contributed by atoms with E-state index in [0.717, 1.165) is 31.5 Å². The lowest BCUT2D eigenvalue weighted by molar-refractivity contribution is -0.132. The molecule has 0 aromatic heterocycles. The van der Waals surface area contributed by atoms with Crippen molar-refractivity contribution in [3.8, 4) is 0 Å². The quantitative estimate of drug-likeness (QED) is 0.732. The van der Waals surface area contributed by atoms with Gasteiger partial charge in [0, 0.05) is 37.8 Å². The summed E-state index contributed by atoms with van der Waals surface area (Å²) < 4.78 is 0. The van der Waals surface area contributed by atoms with Crippen LogP contribution in [0.15, 0.2) is 65.7 Å². The van der Waals surface area contributed by atoms with Gasteiger partial charge >= 0.3 is 0 Å². The Kier molecular flexibility index (Phi) is 5.43. The molecule has 4 bridgehead atoms. The average molecular weight is 416 g/mol. The fourth-order valence-corrected chi connectivity index (χ4v) is 6.34. The minimum atomic E-state index is -0.641.